The number of thiophene rings is 1. The lowest BCUT2D eigenvalue weighted by Crippen LogP contribution is -2.14. The van der Waals surface area contributed by atoms with Gasteiger partial charge in [-0.3, -0.25) is 0 Å². The van der Waals surface area contributed by atoms with E-state index in [2.05, 4.69) is 172 Å². The standard InChI is InChI=1S/C51H32OS/c1-51(2)42-18-10-9-13-33(42)34-22-19-31(26-43(34)51)49-37-16-7-5-14-35(37)48(36-15-6-8-17-38(36)49)30-20-23-44-39(25-30)40-28-47-41(27-45(40)52-44)50-32-12-4-3-11-29(32)21-24-46(50)53-47/h3-28H,1-2H3. The van der Waals surface area contributed by atoms with Crippen LogP contribution in [0.15, 0.2) is 162 Å². The maximum atomic E-state index is 6.61. The van der Waals surface area contributed by atoms with Gasteiger partial charge in [0.1, 0.15) is 11.2 Å². The summed E-state index contributed by atoms with van der Waals surface area (Å²) in [6.07, 6.45) is 0. The monoisotopic (exact) mass is 692 g/mol. The van der Waals surface area contributed by atoms with Crippen LogP contribution in [0.1, 0.15) is 25.0 Å². The molecule has 0 saturated carbocycles. The summed E-state index contributed by atoms with van der Waals surface area (Å²) < 4.78 is 9.22. The van der Waals surface area contributed by atoms with Crippen molar-refractivity contribution in [1.82, 2.24) is 0 Å². The van der Waals surface area contributed by atoms with Crippen molar-refractivity contribution in [1.29, 1.82) is 0 Å². The summed E-state index contributed by atoms with van der Waals surface area (Å²) in [7, 11) is 0. The summed E-state index contributed by atoms with van der Waals surface area (Å²) in [5.74, 6) is 0. The van der Waals surface area contributed by atoms with Gasteiger partial charge in [0.15, 0.2) is 0 Å². The number of fused-ring (bicyclic) bond motifs is 13. The van der Waals surface area contributed by atoms with E-state index >= 15 is 0 Å². The van der Waals surface area contributed by atoms with E-state index in [9.17, 15) is 0 Å². The van der Waals surface area contributed by atoms with Crippen LogP contribution in [0.25, 0.3) is 108 Å². The Morgan fingerprint density at radius 2 is 1.02 bits per heavy atom. The molecule has 11 aromatic rings. The molecule has 53 heavy (non-hydrogen) atoms. The highest BCUT2D eigenvalue weighted by atomic mass is 32.1. The Morgan fingerprint density at radius 1 is 0.415 bits per heavy atom. The van der Waals surface area contributed by atoms with Gasteiger partial charge in [-0.15, -0.1) is 11.3 Å². The molecule has 2 heteroatoms. The smallest absolute Gasteiger partial charge is 0.136 e. The van der Waals surface area contributed by atoms with Crippen molar-refractivity contribution in [3.05, 3.63) is 169 Å². The predicted octanol–water partition coefficient (Wildman–Crippen LogP) is 15.1. The predicted molar refractivity (Wildman–Crippen MR) is 228 cm³/mol. The third-order valence-corrected chi connectivity index (χ3v) is 13.2. The van der Waals surface area contributed by atoms with Crippen molar-refractivity contribution in [3.63, 3.8) is 0 Å². The molecule has 9 aromatic carbocycles. The molecule has 0 unspecified atom stereocenters. The summed E-state index contributed by atoms with van der Waals surface area (Å²) in [5.41, 5.74) is 12.3. The highest BCUT2D eigenvalue weighted by molar-refractivity contribution is 7.26. The normalized spacial score (nSPS) is 13.6. The van der Waals surface area contributed by atoms with Crippen LogP contribution in [0.5, 0.6) is 0 Å². The molecule has 0 fully saturated rings. The van der Waals surface area contributed by atoms with Gasteiger partial charge in [-0.1, -0.05) is 135 Å². The number of hydrogen-bond acceptors (Lipinski definition) is 2. The van der Waals surface area contributed by atoms with Crippen LogP contribution in [0.2, 0.25) is 0 Å². The van der Waals surface area contributed by atoms with Crippen molar-refractivity contribution in [2.75, 3.05) is 0 Å². The highest BCUT2D eigenvalue weighted by Crippen LogP contribution is 2.51. The number of furan rings is 1. The fourth-order valence-corrected chi connectivity index (χ4v) is 10.7. The maximum absolute atomic E-state index is 6.61. The fraction of sp³-hybridized carbons (Fsp3) is 0.0588. The SMILES string of the molecule is CC1(C)c2ccccc2-c2ccc(-c3c4ccccc4c(-c4ccc5oc6cc7c(cc6c5c4)sc4ccc5ccccc5c47)c4ccccc34)cc21. The summed E-state index contributed by atoms with van der Waals surface area (Å²) in [5, 5.41) is 12.5. The van der Waals surface area contributed by atoms with Gasteiger partial charge in [0.2, 0.25) is 0 Å². The van der Waals surface area contributed by atoms with Gasteiger partial charge in [-0.2, -0.15) is 0 Å². The van der Waals surface area contributed by atoms with Crippen LogP contribution in [0.3, 0.4) is 0 Å². The van der Waals surface area contributed by atoms with Gasteiger partial charge >= 0.3 is 0 Å². The molecule has 0 radical (unpaired) electrons. The molecule has 0 aliphatic heterocycles. The van der Waals surface area contributed by atoms with E-state index in [0.717, 1.165) is 21.9 Å². The van der Waals surface area contributed by atoms with Crippen LogP contribution >= 0.6 is 11.3 Å². The minimum Gasteiger partial charge on any atom is -0.456 e. The first-order valence-corrected chi connectivity index (χ1v) is 19.2. The molecule has 248 valence electrons. The van der Waals surface area contributed by atoms with E-state index in [1.54, 1.807) is 0 Å². The highest BCUT2D eigenvalue weighted by Gasteiger charge is 2.35. The van der Waals surface area contributed by atoms with Crippen molar-refractivity contribution in [2.45, 2.75) is 19.3 Å². The molecule has 1 nitrogen and oxygen atoms in total. The summed E-state index contributed by atoms with van der Waals surface area (Å²) >= 11 is 1.87. The zero-order valence-corrected chi connectivity index (χ0v) is 30.1. The molecule has 2 heterocycles. The topological polar surface area (TPSA) is 13.1 Å². The number of hydrogen-bond donors (Lipinski definition) is 0. The Bertz CT molecular complexity index is 3320. The Kier molecular flexibility index (Phi) is 5.78. The third kappa shape index (κ3) is 3.96. The minimum absolute atomic E-state index is 0.0640. The maximum Gasteiger partial charge on any atom is 0.136 e. The van der Waals surface area contributed by atoms with Crippen LogP contribution in [-0.4, -0.2) is 0 Å². The first-order valence-electron chi connectivity index (χ1n) is 18.4. The van der Waals surface area contributed by atoms with Crippen molar-refractivity contribution in [2.24, 2.45) is 0 Å². The quantitative estimate of drug-likeness (QED) is 0.164. The van der Waals surface area contributed by atoms with Gasteiger partial charge in [-0.05, 0) is 113 Å². The average molecular weight is 693 g/mol. The lowest BCUT2D eigenvalue weighted by atomic mass is 9.80. The molecule has 0 saturated heterocycles. The van der Waals surface area contributed by atoms with Crippen LogP contribution in [0, 0.1) is 0 Å². The second kappa shape index (κ2) is 10.4. The summed E-state index contributed by atoms with van der Waals surface area (Å²) in [4.78, 5) is 0. The molecule has 2 aromatic heterocycles. The second-order valence-corrected chi connectivity index (χ2v) is 16.3. The molecule has 0 amide bonds. The Morgan fingerprint density at radius 3 is 1.77 bits per heavy atom. The van der Waals surface area contributed by atoms with E-state index in [4.69, 9.17) is 4.42 Å². The van der Waals surface area contributed by atoms with Crippen LogP contribution in [0.4, 0.5) is 0 Å². The van der Waals surface area contributed by atoms with Gasteiger partial charge in [0.25, 0.3) is 0 Å². The Labute approximate surface area is 310 Å². The molecule has 0 spiro atoms. The molecule has 0 atom stereocenters. The van der Waals surface area contributed by atoms with Gasteiger partial charge < -0.3 is 4.42 Å². The average Bonchev–Trinajstić information content (AvgIpc) is 3.82. The second-order valence-electron chi connectivity index (χ2n) is 15.2. The lowest BCUT2D eigenvalue weighted by Gasteiger charge is -2.23. The fourth-order valence-electron chi connectivity index (χ4n) is 9.58. The van der Waals surface area contributed by atoms with Gasteiger partial charge in [0, 0.05) is 36.4 Å². The zero-order valence-electron chi connectivity index (χ0n) is 29.3. The van der Waals surface area contributed by atoms with Crippen molar-refractivity contribution < 1.29 is 4.42 Å². The van der Waals surface area contributed by atoms with Crippen molar-refractivity contribution in [3.8, 4) is 33.4 Å². The van der Waals surface area contributed by atoms with E-state index < -0.39 is 0 Å². The number of rotatable bonds is 2. The minimum atomic E-state index is -0.0640. The van der Waals surface area contributed by atoms with E-state index in [1.807, 2.05) is 11.3 Å². The van der Waals surface area contributed by atoms with Gasteiger partial charge in [-0.25, -0.2) is 0 Å². The van der Waals surface area contributed by atoms with E-state index in [1.165, 1.54) is 97.0 Å². The van der Waals surface area contributed by atoms with Crippen LogP contribution < -0.4 is 0 Å². The molecule has 1 aliphatic carbocycles. The molecule has 0 bridgehead atoms. The molecule has 12 rings (SSSR count). The summed E-state index contributed by atoms with van der Waals surface area (Å²) in [6.45, 7) is 4.73. The molecule has 0 N–H and O–H groups in total. The largest absolute Gasteiger partial charge is 0.456 e. The molecular weight excluding hydrogens is 661 g/mol. The first-order chi connectivity index (χ1) is 26.0. The van der Waals surface area contributed by atoms with E-state index in [-0.39, 0.29) is 5.41 Å². The molecule has 1 aliphatic rings. The van der Waals surface area contributed by atoms with Crippen LogP contribution in [-0.2, 0) is 5.41 Å². The Hall–Kier alpha value is -6.22. The van der Waals surface area contributed by atoms with E-state index in [0.29, 0.717) is 0 Å². The third-order valence-electron chi connectivity index (χ3n) is 12.0. The summed E-state index contributed by atoms with van der Waals surface area (Å²) in [6, 6.07) is 58.6. The first kappa shape index (κ1) is 29.4. The number of benzene rings is 9. The zero-order chi connectivity index (χ0) is 35.0. The molecular formula is C51H32OS. The van der Waals surface area contributed by atoms with Gasteiger partial charge in [0.05, 0.1) is 0 Å². The Balaban J connectivity index is 1.09. The lowest BCUT2D eigenvalue weighted by molar-refractivity contribution is 0.660. The van der Waals surface area contributed by atoms with Crippen molar-refractivity contribution >= 4 is 85.8 Å².